The standard InChI is InChI=1S/C55H80O18/c1-8-15-22-63-43-33-38(34-44(64-23-16-9-2)48(43)67-26-19-12-5)54(62)73-55-51(69-28-21-14-7)50(68-27-20-13-6)49(72-53(61)37-31-41(58)47(42(59)32-37)66-25-18-11-4)45(71-55)35-70-52(60)36-29-39(56)46(40(57)30-36)65-24-17-10-3/h29-34,45,49-51,55-59H,8-28,35H2,1-7H3/t45?,49-,50+,51?,55+/m1/s1. The molecular formula is C55H80O18. The van der Waals surface area contributed by atoms with E-state index in [2.05, 4.69) is 6.92 Å². The van der Waals surface area contributed by atoms with E-state index in [1.807, 2.05) is 41.5 Å². The predicted molar refractivity (Wildman–Crippen MR) is 271 cm³/mol. The zero-order valence-corrected chi connectivity index (χ0v) is 43.9. The number of unbranched alkanes of at least 4 members (excludes halogenated alkanes) is 7. The first-order valence-electron chi connectivity index (χ1n) is 26.3. The highest BCUT2D eigenvalue weighted by atomic mass is 16.7. The van der Waals surface area contributed by atoms with Crippen molar-refractivity contribution < 1.29 is 86.9 Å². The molecule has 0 aromatic heterocycles. The summed E-state index contributed by atoms with van der Waals surface area (Å²) in [7, 11) is 0. The average molecular weight is 1030 g/mol. The van der Waals surface area contributed by atoms with Crippen LogP contribution >= 0.6 is 0 Å². The normalized spacial score (nSPS) is 17.4. The molecule has 1 aliphatic rings. The quantitative estimate of drug-likeness (QED) is 0.0244. The fourth-order valence-electron chi connectivity index (χ4n) is 7.34. The molecule has 4 rings (SSSR count). The van der Waals surface area contributed by atoms with Crippen LogP contribution in [-0.4, -0.2) is 122 Å². The average Bonchev–Trinajstić information content (AvgIpc) is 3.36. The Hall–Kier alpha value is -5.85. The lowest BCUT2D eigenvalue weighted by molar-refractivity contribution is -0.301. The van der Waals surface area contributed by atoms with Gasteiger partial charge in [0.15, 0.2) is 40.6 Å². The molecule has 18 heteroatoms. The summed E-state index contributed by atoms with van der Waals surface area (Å²) in [6.07, 6.45) is 3.36. The smallest absolute Gasteiger partial charge is 0.340 e. The number of carbonyl (C=O) groups is 3. The Morgan fingerprint density at radius 2 is 0.781 bits per heavy atom. The molecular weight excluding hydrogens is 949 g/mol. The van der Waals surface area contributed by atoms with Gasteiger partial charge in [0.2, 0.25) is 23.5 Å². The van der Waals surface area contributed by atoms with Crippen LogP contribution in [0.1, 0.15) is 169 Å². The molecule has 3 aromatic rings. The molecule has 73 heavy (non-hydrogen) atoms. The van der Waals surface area contributed by atoms with Crippen molar-refractivity contribution in [3.63, 3.8) is 0 Å². The Morgan fingerprint density at radius 1 is 0.425 bits per heavy atom. The highest BCUT2D eigenvalue weighted by Gasteiger charge is 2.52. The van der Waals surface area contributed by atoms with E-state index in [9.17, 15) is 34.8 Å². The molecule has 0 saturated carbocycles. The lowest BCUT2D eigenvalue weighted by atomic mass is 9.97. The fourth-order valence-corrected chi connectivity index (χ4v) is 7.34. The third kappa shape index (κ3) is 18.2. The molecule has 1 saturated heterocycles. The van der Waals surface area contributed by atoms with E-state index < -0.39 is 78.2 Å². The summed E-state index contributed by atoms with van der Waals surface area (Å²) in [5, 5.41) is 43.3. The molecule has 408 valence electrons. The summed E-state index contributed by atoms with van der Waals surface area (Å²) >= 11 is 0. The summed E-state index contributed by atoms with van der Waals surface area (Å²) in [4.78, 5) is 42.6. The minimum atomic E-state index is -1.58. The maximum Gasteiger partial charge on any atom is 0.340 e. The van der Waals surface area contributed by atoms with Crippen LogP contribution in [0.25, 0.3) is 0 Å². The van der Waals surface area contributed by atoms with Gasteiger partial charge in [0.1, 0.15) is 24.9 Å². The third-order valence-corrected chi connectivity index (χ3v) is 11.6. The van der Waals surface area contributed by atoms with Gasteiger partial charge >= 0.3 is 17.9 Å². The lowest BCUT2D eigenvalue weighted by Gasteiger charge is -2.44. The monoisotopic (exact) mass is 1030 g/mol. The number of hydrogen-bond donors (Lipinski definition) is 4. The molecule has 0 radical (unpaired) electrons. The molecule has 5 atom stereocenters. The summed E-state index contributed by atoms with van der Waals surface area (Å²) in [5.41, 5.74) is -0.466. The van der Waals surface area contributed by atoms with Crippen LogP contribution in [-0.2, 0) is 28.4 Å². The number of aromatic hydroxyl groups is 4. The zero-order valence-electron chi connectivity index (χ0n) is 43.9. The van der Waals surface area contributed by atoms with Gasteiger partial charge in [-0.3, -0.25) is 0 Å². The Kier molecular flexibility index (Phi) is 26.5. The maximum atomic E-state index is 14.6. The second-order valence-corrected chi connectivity index (χ2v) is 17.8. The Bertz CT molecular complexity index is 2070. The Labute approximate surface area is 430 Å². The van der Waals surface area contributed by atoms with E-state index in [4.69, 9.17) is 52.1 Å². The summed E-state index contributed by atoms with van der Waals surface area (Å²) in [6, 6.07) is 7.38. The molecule has 1 heterocycles. The van der Waals surface area contributed by atoms with Crippen molar-refractivity contribution in [2.75, 3.05) is 52.9 Å². The van der Waals surface area contributed by atoms with Gasteiger partial charge in [-0.2, -0.15) is 0 Å². The SMILES string of the molecule is CCCCOc1cc(C(=O)O[C@@H]2OC(COC(=O)c3cc(O)c(OCCCC)c(O)c3)[C@@H](OC(=O)c3cc(O)c(OCCCC)c(O)c3)[C@H](OCCCC)C2OCCCC)cc(OCCCC)c1OCCCC. The number of carbonyl (C=O) groups excluding carboxylic acids is 3. The first kappa shape index (κ1) is 59.7. The van der Waals surface area contributed by atoms with Crippen molar-refractivity contribution in [1.82, 2.24) is 0 Å². The van der Waals surface area contributed by atoms with Gasteiger partial charge in [0.25, 0.3) is 0 Å². The molecule has 3 aromatic carbocycles. The van der Waals surface area contributed by atoms with Crippen LogP contribution in [0.3, 0.4) is 0 Å². The van der Waals surface area contributed by atoms with Crippen molar-refractivity contribution in [3.8, 4) is 51.7 Å². The molecule has 0 spiro atoms. The first-order valence-corrected chi connectivity index (χ1v) is 26.3. The summed E-state index contributed by atoms with van der Waals surface area (Å²) in [5.74, 6) is -4.41. The molecule has 2 unspecified atom stereocenters. The number of esters is 3. The van der Waals surface area contributed by atoms with Crippen molar-refractivity contribution >= 4 is 17.9 Å². The van der Waals surface area contributed by atoms with Crippen LogP contribution in [0.4, 0.5) is 0 Å². The highest BCUT2D eigenvalue weighted by Crippen LogP contribution is 2.42. The summed E-state index contributed by atoms with van der Waals surface area (Å²) < 4.78 is 67.4. The van der Waals surface area contributed by atoms with Crippen molar-refractivity contribution in [2.24, 2.45) is 0 Å². The van der Waals surface area contributed by atoms with Gasteiger partial charge in [0, 0.05) is 13.2 Å². The van der Waals surface area contributed by atoms with Gasteiger partial charge in [-0.05, 0) is 81.3 Å². The van der Waals surface area contributed by atoms with E-state index in [1.54, 1.807) is 0 Å². The molecule has 0 bridgehead atoms. The lowest BCUT2D eigenvalue weighted by Crippen LogP contribution is -2.62. The fraction of sp³-hybridized carbons (Fsp3) is 0.618. The van der Waals surface area contributed by atoms with E-state index in [1.165, 1.54) is 12.1 Å². The second kappa shape index (κ2) is 32.4. The Balaban J connectivity index is 1.82. The molecule has 18 nitrogen and oxygen atoms in total. The number of phenolic OH excluding ortho intramolecular Hbond substituents is 4. The molecule has 0 amide bonds. The summed E-state index contributed by atoms with van der Waals surface area (Å²) in [6.45, 7) is 15.1. The Morgan fingerprint density at radius 3 is 1.22 bits per heavy atom. The van der Waals surface area contributed by atoms with Crippen LogP contribution in [0.15, 0.2) is 36.4 Å². The highest BCUT2D eigenvalue weighted by molar-refractivity contribution is 5.92. The van der Waals surface area contributed by atoms with E-state index in [-0.39, 0.29) is 54.6 Å². The van der Waals surface area contributed by atoms with Crippen LogP contribution in [0.5, 0.6) is 51.7 Å². The van der Waals surface area contributed by atoms with Gasteiger partial charge in [-0.15, -0.1) is 0 Å². The number of phenols is 4. The number of rotatable bonds is 35. The topological polar surface area (TPSA) is 234 Å². The van der Waals surface area contributed by atoms with E-state index >= 15 is 0 Å². The van der Waals surface area contributed by atoms with E-state index in [0.717, 1.165) is 82.1 Å². The van der Waals surface area contributed by atoms with E-state index in [0.29, 0.717) is 69.2 Å². The van der Waals surface area contributed by atoms with Crippen LogP contribution in [0, 0.1) is 0 Å². The van der Waals surface area contributed by atoms with Crippen LogP contribution < -0.4 is 23.7 Å². The van der Waals surface area contributed by atoms with Crippen molar-refractivity contribution in [3.05, 3.63) is 53.1 Å². The van der Waals surface area contributed by atoms with Gasteiger partial charge < -0.3 is 72.5 Å². The van der Waals surface area contributed by atoms with Gasteiger partial charge in [-0.25, -0.2) is 14.4 Å². The zero-order chi connectivity index (χ0) is 53.1. The van der Waals surface area contributed by atoms with Crippen LogP contribution in [0.2, 0.25) is 0 Å². The molecule has 4 N–H and O–H groups in total. The minimum absolute atomic E-state index is 0.0419. The predicted octanol–water partition coefficient (Wildman–Crippen LogP) is 10.7. The number of benzene rings is 3. The van der Waals surface area contributed by atoms with Crippen molar-refractivity contribution in [1.29, 1.82) is 0 Å². The molecule has 1 fully saturated rings. The maximum absolute atomic E-state index is 14.6. The third-order valence-electron chi connectivity index (χ3n) is 11.6. The first-order chi connectivity index (χ1) is 35.3. The second-order valence-electron chi connectivity index (χ2n) is 17.8. The number of ether oxygens (including phenoxy) is 11. The van der Waals surface area contributed by atoms with Crippen molar-refractivity contribution in [2.45, 2.75) is 169 Å². The molecule has 0 aliphatic carbocycles. The number of hydrogen-bond acceptors (Lipinski definition) is 18. The van der Waals surface area contributed by atoms with Gasteiger partial charge in [-0.1, -0.05) is 93.4 Å². The largest absolute Gasteiger partial charge is 0.504 e. The minimum Gasteiger partial charge on any atom is -0.504 e. The van der Waals surface area contributed by atoms with Gasteiger partial charge in [0.05, 0.1) is 49.7 Å². The molecule has 1 aliphatic heterocycles.